The SMILES string of the molecule is Nc1cnc(C2=CCCCO2)cn1. The molecule has 0 unspecified atom stereocenters. The van der Waals surface area contributed by atoms with Crippen molar-refractivity contribution in [1.82, 2.24) is 9.97 Å². The molecule has 13 heavy (non-hydrogen) atoms. The minimum absolute atomic E-state index is 0.431. The number of nitrogen functional groups attached to an aromatic ring is 1. The molecule has 1 aliphatic rings. The van der Waals surface area contributed by atoms with Crippen molar-refractivity contribution in [2.24, 2.45) is 0 Å². The number of ether oxygens (including phenoxy) is 1. The van der Waals surface area contributed by atoms with Crippen LogP contribution in [0.5, 0.6) is 0 Å². The van der Waals surface area contributed by atoms with Crippen molar-refractivity contribution in [3.63, 3.8) is 0 Å². The van der Waals surface area contributed by atoms with E-state index in [0.717, 1.165) is 30.9 Å². The smallest absolute Gasteiger partial charge is 0.142 e. The van der Waals surface area contributed by atoms with Gasteiger partial charge >= 0.3 is 0 Å². The lowest BCUT2D eigenvalue weighted by Gasteiger charge is -2.13. The monoisotopic (exact) mass is 177 g/mol. The van der Waals surface area contributed by atoms with E-state index in [-0.39, 0.29) is 0 Å². The maximum atomic E-state index is 5.42. The fourth-order valence-corrected chi connectivity index (χ4v) is 1.20. The Hall–Kier alpha value is -1.58. The van der Waals surface area contributed by atoms with Crippen LogP contribution in [0, 0.1) is 0 Å². The average molecular weight is 177 g/mol. The highest BCUT2D eigenvalue weighted by atomic mass is 16.5. The first kappa shape index (κ1) is 8.04. The summed E-state index contributed by atoms with van der Waals surface area (Å²) in [4.78, 5) is 8.07. The van der Waals surface area contributed by atoms with E-state index in [1.807, 2.05) is 6.08 Å². The quantitative estimate of drug-likeness (QED) is 0.700. The third-order valence-corrected chi connectivity index (χ3v) is 1.86. The number of anilines is 1. The van der Waals surface area contributed by atoms with E-state index in [1.165, 1.54) is 6.20 Å². The van der Waals surface area contributed by atoms with E-state index < -0.39 is 0 Å². The zero-order valence-corrected chi connectivity index (χ0v) is 7.23. The number of aromatic nitrogens is 2. The van der Waals surface area contributed by atoms with Crippen LogP contribution in [0.3, 0.4) is 0 Å². The molecular weight excluding hydrogens is 166 g/mol. The molecule has 0 saturated heterocycles. The molecule has 2 rings (SSSR count). The van der Waals surface area contributed by atoms with Gasteiger partial charge in [0.1, 0.15) is 17.3 Å². The Bertz CT molecular complexity index is 318. The van der Waals surface area contributed by atoms with Crippen LogP contribution in [-0.2, 0) is 4.74 Å². The fraction of sp³-hybridized carbons (Fsp3) is 0.333. The average Bonchev–Trinajstić information content (AvgIpc) is 2.20. The van der Waals surface area contributed by atoms with E-state index in [9.17, 15) is 0 Å². The molecule has 1 aliphatic heterocycles. The molecule has 0 amide bonds. The van der Waals surface area contributed by atoms with Gasteiger partial charge in [0.25, 0.3) is 0 Å². The zero-order chi connectivity index (χ0) is 9.10. The molecule has 0 bridgehead atoms. The van der Waals surface area contributed by atoms with E-state index >= 15 is 0 Å². The lowest BCUT2D eigenvalue weighted by Crippen LogP contribution is -2.03. The van der Waals surface area contributed by atoms with Crippen LogP contribution < -0.4 is 5.73 Å². The van der Waals surface area contributed by atoms with Crippen molar-refractivity contribution in [1.29, 1.82) is 0 Å². The largest absolute Gasteiger partial charge is 0.492 e. The number of nitrogens with zero attached hydrogens (tertiary/aromatic N) is 2. The van der Waals surface area contributed by atoms with Gasteiger partial charge in [-0.15, -0.1) is 0 Å². The Balaban J connectivity index is 2.24. The molecule has 0 atom stereocenters. The summed E-state index contributed by atoms with van der Waals surface area (Å²) in [5, 5.41) is 0. The van der Waals surface area contributed by atoms with Gasteiger partial charge in [0.15, 0.2) is 0 Å². The summed E-state index contributed by atoms with van der Waals surface area (Å²) in [7, 11) is 0. The third-order valence-electron chi connectivity index (χ3n) is 1.86. The van der Waals surface area contributed by atoms with Crippen LogP contribution in [0.1, 0.15) is 18.5 Å². The lowest BCUT2D eigenvalue weighted by molar-refractivity contribution is 0.257. The van der Waals surface area contributed by atoms with Crippen LogP contribution in [0.4, 0.5) is 5.82 Å². The number of rotatable bonds is 1. The Morgan fingerprint density at radius 2 is 2.23 bits per heavy atom. The zero-order valence-electron chi connectivity index (χ0n) is 7.23. The second-order valence-corrected chi connectivity index (χ2v) is 2.89. The minimum atomic E-state index is 0.431. The normalized spacial score (nSPS) is 16.2. The van der Waals surface area contributed by atoms with Crippen LogP contribution >= 0.6 is 0 Å². The number of hydrogen-bond donors (Lipinski definition) is 1. The van der Waals surface area contributed by atoms with Crippen LogP contribution in [0.2, 0.25) is 0 Å². The molecule has 0 saturated carbocycles. The van der Waals surface area contributed by atoms with Gasteiger partial charge in [-0.25, -0.2) is 9.97 Å². The van der Waals surface area contributed by atoms with Gasteiger partial charge in [-0.3, -0.25) is 0 Å². The van der Waals surface area contributed by atoms with Crippen molar-refractivity contribution in [3.8, 4) is 0 Å². The predicted octanol–water partition coefficient (Wildman–Crippen LogP) is 1.21. The highest BCUT2D eigenvalue weighted by Gasteiger charge is 2.08. The maximum Gasteiger partial charge on any atom is 0.142 e. The molecule has 0 radical (unpaired) electrons. The Morgan fingerprint density at radius 1 is 1.31 bits per heavy atom. The van der Waals surface area contributed by atoms with Gasteiger partial charge in [0.05, 0.1) is 19.0 Å². The summed E-state index contributed by atoms with van der Waals surface area (Å²) < 4.78 is 5.42. The molecule has 68 valence electrons. The summed E-state index contributed by atoms with van der Waals surface area (Å²) in [5.41, 5.74) is 6.18. The minimum Gasteiger partial charge on any atom is -0.492 e. The van der Waals surface area contributed by atoms with Gasteiger partial charge in [-0.1, -0.05) is 0 Å². The van der Waals surface area contributed by atoms with E-state index in [1.54, 1.807) is 6.20 Å². The van der Waals surface area contributed by atoms with Crippen molar-refractivity contribution in [3.05, 3.63) is 24.2 Å². The van der Waals surface area contributed by atoms with Gasteiger partial charge in [-0.2, -0.15) is 0 Å². The second-order valence-electron chi connectivity index (χ2n) is 2.89. The summed E-state index contributed by atoms with van der Waals surface area (Å²) in [6.07, 6.45) is 7.32. The fourth-order valence-electron chi connectivity index (χ4n) is 1.20. The Labute approximate surface area is 76.5 Å². The van der Waals surface area contributed by atoms with Gasteiger partial charge in [-0.05, 0) is 18.9 Å². The molecule has 0 fully saturated rings. The molecule has 0 spiro atoms. The molecule has 0 aromatic carbocycles. The van der Waals surface area contributed by atoms with Crippen molar-refractivity contribution in [2.45, 2.75) is 12.8 Å². The summed E-state index contributed by atoms with van der Waals surface area (Å²) in [6, 6.07) is 0. The molecular formula is C9H11N3O. The highest BCUT2D eigenvalue weighted by Crippen LogP contribution is 2.18. The molecule has 2 N–H and O–H groups in total. The molecule has 1 aromatic heterocycles. The summed E-state index contributed by atoms with van der Waals surface area (Å²) in [5.74, 6) is 1.25. The third kappa shape index (κ3) is 1.77. The van der Waals surface area contributed by atoms with Crippen molar-refractivity contribution < 1.29 is 4.74 Å². The number of nitrogens with two attached hydrogens (primary N) is 1. The maximum absolute atomic E-state index is 5.42. The summed E-state index contributed by atoms with van der Waals surface area (Å²) >= 11 is 0. The van der Waals surface area contributed by atoms with E-state index in [2.05, 4.69) is 9.97 Å². The first-order chi connectivity index (χ1) is 6.36. The van der Waals surface area contributed by atoms with Crippen molar-refractivity contribution in [2.75, 3.05) is 12.3 Å². The van der Waals surface area contributed by atoms with Crippen LogP contribution in [-0.4, -0.2) is 16.6 Å². The standard InChI is InChI=1S/C9H11N3O/c10-9-6-11-7(5-12-9)8-3-1-2-4-13-8/h3,5-6H,1-2,4H2,(H2,10,12). The Kier molecular flexibility index (Phi) is 2.12. The first-order valence-electron chi connectivity index (χ1n) is 4.27. The highest BCUT2D eigenvalue weighted by molar-refractivity contribution is 5.56. The molecule has 2 heterocycles. The van der Waals surface area contributed by atoms with E-state index in [4.69, 9.17) is 10.5 Å². The first-order valence-corrected chi connectivity index (χ1v) is 4.27. The van der Waals surface area contributed by atoms with Crippen LogP contribution in [0.25, 0.3) is 5.76 Å². The van der Waals surface area contributed by atoms with Gasteiger partial charge in [0.2, 0.25) is 0 Å². The van der Waals surface area contributed by atoms with E-state index in [0.29, 0.717) is 5.82 Å². The predicted molar refractivity (Wildman–Crippen MR) is 49.6 cm³/mol. The van der Waals surface area contributed by atoms with Gasteiger partial charge < -0.3 is 10.5 Å². The van der Waals surface area contributed by atoms with Crippen molar-refractivity contribution >= 4 is 11.6 Å². The number of allylic oxidation sites excluding steroid dienone is 1. The second kappa shape index (κ2) is 3.43. The Morgan fingerprint density at radius 3 is 2.85 bits per heavy atom. The molecule has 4 heteroatoms. The van der Waals surface area contributed by atoms with Crippen LogP contribution in [0.15, 0.2) is 18.5 Å². The molecule has 4 nitrogen and oxygen atoms in total. The molecule has 0 aliphatic carbocycles. The topological polar surface area (TPSA) is 61.0 Å². The summed E-state index contributed by atoms with van der Waals surface area (Å²) in [6.45, 7) is 0.762. The van der Waals surface area contributed by atoms with Gasteiger partial charge in [0, 0.05) is 0 Å². The molecule has 1 aromatic rings. The number of hydrogen-bond acceptors (Lipinski definition) is 4. The lowest BCUT2D eigenvalue weighted by atomic mass is 10.2.